The fourth-order valence-corrected chi connectivity index (χ4v) is 3.48. The fraction of sp³-hybridized carbons (Fsp3) is 0.643. The molecule has 1 N–H and O–H groups in total. The molecule has 1 aliphatic heterocycles. The van der Waals surface area contributed by atoms with Gasteiger partial charge in [-0.3, -0.25) is 4.79 Å². The summed E-state index contributed by atoms with van der Waals surface area (Å²) in [7, 11) is 0. The molecule has 1 aliphatic rings. The van der Waals surface area contributed by atoms with Gasteiger partial charge in [0.2, 0.25) is 0 Å². The van der Waals surface area contributed by atoms with Crippen LogP contribution in [0.15, 0.2) is 11.4 Å². The number of thiophene rings is 1. The summed E-state index contributed by atoms with van der Waals surface area (Å²) in [5, 5.41) is 5.38. The summed E-state index contributed by atoms with van der Waals surface area (Å²) in [4.78, 5) is 15.7. The lowest BCUT2D eigenvalue weighted by atomic mass is 10.1. The molecule has 1 aromatic rings. The first-order valence-corrected chi connectivity index (χ1v) is 7.74. The predicted octanol–water partition coefficient (Wildman–Crippen LogP) is 2.52. The number of nitrogens with zero attached hydrogens (tertiary/aromatic N) is 1. The zero-order valence-corrected chi connectivity index (χ0v) is 12.1. The van der Waals surface area contributed by atoms with Crippen molar-refractivity contribution in [2.45, 2.75) is 39.2 Å². The Morgan fingerprint density at radius 3 is 3.00 bits per heavy atom. The summed E-state index contributed by atoms with van der Waals surface area (Å²) in [6.07, 6.45) is 3.04. The Morgan fingerprint density at radius 1 is 1.56 bits per heavy atom. The Balaban J connectivity index is 2.17. The van der Waals surface area contributed by atoms with E-state index in [0.717, 1.165) is 43.8 Å². The van der Waals surface area contributed by atoms with Crippen LogP contribution < -0.4 is 5.32 Å². The van der Waals surface area contributed by atoms with Crippen molar-refractivity contribution in [3.8, 4) is 0 Å². The van der Waals surface area contributed by atoms with Gasteiger partial charge in [-0.15, -0.1) is 11.3 Å². The van der Waals surface area contributed by atoms with E-state index in [1.807, 2.05) is 5.38 Å². The number of hydrogen-bond donors (Lipinski definition) is 1. The van der Waals surface area contributed by atoms with Gasteiger partial charge < -0.3 is 10.2 Å². The quantitative estimate of drug-likeness (QED) is 0.888. The van der Waals surface area contributed by atoms with Gasteiger partial charge >= 0.3 is 0 Å². The van der Waals surface area contributed by atoms with Crippen LogP contribution >= 0.6 is 11.3 Å². The standard InChI is InChI=1S/C14H22N2OS/c1-3-8-16(12-5-7-15-10-12)14(17)13-11(4-2)6-9-18-13/h6,9,12,15H,3-5,7-8,10H2,1-2H3. The van der Waals surface area contributed by atoms with E-state index in [1.54, 1.807) is 11.3 Å². The van der Waals surface area contributed by atoms with Crippen molar-refractivity contribution in [2.75, 3.05) is 19.6 Å². The maximum atomic E-state index is 12.7. The van der Waals surface area contributed by atoms with Crippen molar-refractivity contribution in [3.05, 3.63) is 21.9 Å². The normalized spacial score (nSPS) is 19.1. The van der Waals surface area contributed by atoms with Gasteiger partial charge in [-0.2, -0.15) is 0 Å². The Morgan fingerprint density at radius 2 is 2.39 bits per heavy atom. The Kier molecular flexibility index (Phi) is 4.78. The lowest BCUT2D eigenvalue weighted by molar-refractivity contribution is 0.0696. The first-order valence-electron chi connectivity index (χ1n) is 6.86. The van der Waals surface area contributed by atoms with Crippen molar-refractivity contribution in [1.29, 1.82) is 0 Å². The van der Waals surface area contributed by atoms with E-state index >= 15 is 0 Å². The minimum absolute atomic E-state index is 0.234. The minimum Gasteiger partial charge on any atom is -0.334 e. The van der Waals surface area contributed by atoms with Crippen molar-refractivity contribution < 1.29 is 4.79 Å². The van der Waals surface area contributed by atoms with Crippen LogP contribution in [0.3, 0.4) is 0 Å². The van der Waals surface area contributed by atoms with Crippen molar-refractivity contribution >= 4 is 17.2 Å². The van der Waals surface area contributed by atoms with Gasteiger partial charge in [0, 0.05) is 19.1 Å². The lowest BCUT2D eigenvalue weighted by Crippen LogP contribution is -2.42. The summed E-state index contributed by atoms with van der Waals surface area (Å²) in [6, 6.07) is 2.46. The molecule has 1 fully saturated rings. The van der Waals surface area contributed by atoms with E-state index in [1.165, 1.54) is 5.56 Å². The van der Waals surface area contributed by atoms with E-state index in [0.29, 0.717) is 6.04 Å². The topological polar surface area (TPSA) is 32.3 Å². The smallest absolute Gasteiger partial charge is 0.264 e. The Hall–Kier alpha value is -0.870. The maximum absolute atomic E-state index is 12.7. The molecule has 1 aromatic heterocycles. The molecule has 1 amide bonds. The second-order valence-corrected chi connectivity index (χ2v) is 5.69. The number of aryl methyl sites for hydroxylation is 1. The van der Waals surface area contributed by atoms with Crippen LogP contribution in [0.4, 0.5) is 0 Å². The van der Waals surface area contributed by atoms with Gasteiger partial charge in [-0.25, -0.2) is 0 Å². The molecule has 3 nitrogen and oxygen atoms in total. The Labute approximate surface area is 113 Å². The molecule has 0 radical (unpaired) electrons. The molecule has 100 valence electrons. The summed E-state index contributed by atoms with van der Waals surface area (Å²) >= 11 is 1.58. The molecule has 0 aromatic carbocycles. The van der Waals surface area contributed by atoms with Crippen molar-refractivity contribution in [2.24, 2.45) is 0 Å². The predicted molar refractivity (Wildman–Crippen MR) is 76.3 cm³/mol. The van der Waals surface area contributed by atoms with Crippen LogP contribution in [-0.2, 0) is 6.42 Å². The highest BCUT2D eigenvalue weighted by molar-refractivity contribution is 7.12. The summed E-state index contributed by atoms with van der Waals surface area (Å²) < 4.78 is 0. The summed E-state index contributed by atoms with van der Waals surface area (Å²) in [5.41, 5.74) is 1.19. The molecule has 0 spiro atoms. The number of hydrogen-bond acceptors (Lipinski definition) is 3. The average Bonchev–Trinajstić information content (AvgIpc) is 3.05. The third-order valence-corrected chi connectivity index (χ3v) is 4.47. The van der Waals surface area contributed by atoms with Crippen LogP contribution in [0.5, 0.6) is 0 Å². The highest BCUT2D eigenvalue weighted by Gasteiger charge is 2.28. The molecular formula is C14H22N2OS. The minimum atomic E-state index is 0.234. The van der Waals surface area contributed by atoms with Crippen LogP contribution in [0.1, 0.15) is 41.9 Å². The second kappa shape index (κ2) is 6.34. The van der Waals surface area contributed by atoms with Gasteiger partial charge in [-0.05, 0) is 42.8 Å². The number of amides is 1. The summed E-state index contributed by atoms with van der Waals surface area (Å²) in [6.45, 7) is 7.09. The number of carbonyl (C=O) groups is 1. The third-order valence-electron chi connectivity index (χ3n) is 3.52. The molecule has 4 heteroatoms. The zero-order chi connectivity index (χ0) is 13.0. The fourth-order valence-electron chi connectivity index (χ4n) is 2.53. The molecule has 0 saturated carbocycles. The van der Waals surface area contributed by atoms with Crippen LogP contribution in [0.2, 0.25) is 0 Å². The first-order chi connectivity index (χ1) is 8.77. The third kappa shape index (κ3) is 2.75. The number of nitrogens with one attached hydrogen (secondary N) is 1. The van der Waals surface area contributed by atoms with Gasteiger partial charge in [0.1, 0.15) is 0 Å². The maximum Gasteiger partial charge on any atom is 0.264 e. The van der Waals surface area contributed by atoms with E-state index in [2.05, 4.69) is 30.1 Å². The SMILES string of the molecule is CCCN(C(=O)c1sccc1CC)C1CCNC1. The number of carbonyl (C=O) groups excluding carboxylic acids is 1. The number of rotatable bonds is 5. The van der Waals surface area contributed by atoms with E-state index in [4.69, 9.17) is 0 Å². The zero-order valence-electron chi connectivity index (χ0n) is 11.2. The van der Waals surface area contributed by atoms with E-state index < -0.39 is 0 Å². The Bertz CT molecular complexity index is 396. The molecule has 0 bridgehead atoms. The average molecular weight is 266 g/mol. The second-order valence-electron chi connectivity index (χ2n) is 4.77. The highest BCUT2D eigenvalue weighted by atomic mass is 32.1. The van der Waals surface area contributed by atoms with Gasteiger partial charge in [-0.1, -0.05) is 13.8 Å². The molecular weight excluding hydrogens is 244 g/mol. The molecule has 1 atom stereocenters. The van der Waals surface area contributed by atoms with Crippen LogP contribution in [-0.4, -0.2) is 36.5 Å². The van der Waals surface area contributed by atoms with Crippen LogP contribution in [0, 0.1) is 0 Å². The molecule has 1 saturated heterocycles. The van der Waals surface area contributed by atoms with E-state index in [-0.39, 0.29) is 5.91 Å². The van der Waals surface area contributed by atoms with Gasteiger partial charge in [0.25, 0.3) is 5.91 Å². The van der Waals surface area contributed by atoms with E-state index in [9.17, 15) is 4.79 Å². The monoisotopic (exact) mass is 266 g/mol. The molecule has 0 aliphatic carbocycles. The molecule has 2 heterocycles. The van der Waals surface area contributed by atoms with Crippen molar-refractivity contribution in [3.63, 3.8) is 0 Å². The summed E-state index contributed by atoms with van der Waals surface area (Å²) in [5.74, 6) is 0.234. The first kappa shape index (κ1) is 13.6. The molecule has 18 heavy (non-hydrogen) atoms. The highest BCUT2D eigenvalue weighted by Crippen LogP contribution is 2.22. The largest absolute Gasteiger partial charge is 0.334 e. The van der Waals surface area contributed by atoms with Crippen LogP contribution in [0.25, 0.3) is 0 Å². The van der Waals surface area contributed by atoms with Gasteiger partial charge in [0.15, 0.2) is 0 Å². The molecule has 1 unspecified atom stereocenters. The van der Waals surface area contributed by atoms with Gasteiger partial charge in [0.05, 0.1) is 4.88 Å². The lowest BCUT2D eigenvalue weighted by Gasteiger charge is -2.28. The van der Waals surface area contributed by atoms with Crippen molar-refractivity contribution in [1.82, 2.24) is 10.2 Å². The molecule has 2 rings (SSSR count).